The number of rotatable bonds is 8. The third-order valence-corrected chi connectivity index (χ3v) is 5.09. The molecule has 1 aromatic rings. The molecular formula is C18H33N5OS. The van der Waals surface area contributed by atoms with Crippen LogP contribution in [-0.2, 0) is 11.3 Å². The minimum atomic E-state index is 0.509. The van der Waals surface area contributed by atoms with Crippen LogP contribution in [0.25, 0.3) is 0 Å². The highest BCUT2D eigenvalue weighted by molar-refractivity contribution is 7.11. The predicted octanol–water partition coefficient (Wildman–Crippen LogP) is 2.25. The molecule has 2 rings (SSSR count). The third-order valence-electron chi connectivity index (χ3n) is 4.20. The summed E-state index contributed by atoms with van der Waals surface area (Å²) in [5.41, 5.74) is 0. The number of hydrogen-bond donors (Lipinski definition) is 2. The largest absolute Gasteiger partial charge is 0.379 e. The fourth-order valence-corrected chi connectivity index (χ4v) is 3.74. The molecule has 1 atom stereocenters. The normalized spacial score (nSPS) is 17.7. The van der Waals surface area contributed by atoms with Crippen LogP contribution in [0.15, 0.2) is 11.2 Å². The minimum Gasteiger partial charge on any atom is -0.379 e. The highest BCUT2D eigenvalue weighted by Gasteiger charge is 2.22. The van der Waals surface area contributed by atoms with E-state index in [1.807, 2.05) is 6.20 Å². The Kier molecular flexibility index (Phi) is 8.64. The first-order chi connectivity index (χ1) is 12.1. The second kappa shape index (κ2) is 10.7. The number of aryl methyl sites for hydroxylation is 1. The Labute approximate surface area is 156 Å². The zero-order valence-electron chi connectivity index (χ0n) is 16.0. The molecule has 6 nitrogen and oxygen atoms in total. The molecule has 1 unspecified atom stereocenters. The Hall–Kier alpha value is -1.18. The van der Waals surface area contributed by atoms with Gasteiger partial charge in [0.25, 0.3) is 0 Å². The van der Waals surface area contributed by atoms with Crippen molar-refractivity contribution in [1.29, 1.82) is 0 Å². The quantitative estimate of drug-likeness (QED) is 0.545. The van der Waals surface area contributed by atoms with Gasteiger partial charge in [-0.1, -0.05) is 13.8 Å². The van der Waals surface area contributed by atoms with Crippen LogP contribution in [-0.4, -0.2) is 61.3 Å². The Bertz CT molecular complexity index is 525. The van der Waals surface area contributed by atoms with Gasteiger partial charge in [0.2, 0.25) is 0 Å². The lowest BCUT2D eigenvalue weighted by atomic mass is 10.0. The maximum atomic E-state index is 5.50. The molecule has 1 aliphatic heterocycles. The van der Waals surface area contributed by atoms with Gasteiger partial charge < -0.3 is 15.4 Å². The topological polar surface area (TPSA) is 61.8 Å². The lowest BCUT2D eigenvalue weighted by molar-refractivity contribution is 0.0132. The molecule has 0 radical (unpaired) electrons. The number of morpholine rings is 1. The number of ether oxygens (including phenoxy) is 1. The van der Waals surface area contributed by atoms with E-state index in [0.29, 0.717) is 18.5 Å². The van der Waals surface area contributed by atoms with Crippen molar-refractivity contribution in [3.05, 3.63) is 16.1 Å². The molecular weight excluding hydrogens is 334 g/mol. The monoisotopic (exact) mass is 367 g/mol. The van der Waals surface area contributed by atoms with Crippen molar-refractivity contribution >= 4 is 17.3 Å². The van der Waals surface area contributed by atoms with Gasteiger partial charge in [0.15, 0.2) is 5.96 Å². The fourth-order valence-electron chi connectivity index (χ4n) is 3.03. The second-order valence-corrected chi connectivity index (χ2v) is 8.19. The van der Waals surface area contributed by atoms with Crippen molar-refractivity contribution in [2.75, 3.05) is 39.4 Å². The van der Waals surface area contributed by atoms with Gasteiger partial charge in [0.1, 0.15) is 5.01 Å². The number of nitrogens with one attached hydrogen (secondary N) is 2. The van der Waals surface area contributed by atoms with Crippen molar-refractivity contribution in [2.45, 2.75) is 46.7 Å². The van der Waals surface area contributed by atoms with Crippen molar-refractivity contribution in [2.24, 2.45) is 10.9 Å². The number of thiazole rings is 1. The molecule has 1 fully saturated rings. The van der Waals surface area contributed by atoms with Crippen LogP contribution in [0.2, 0.25) is 0 Å². The lowest BCUT2D eigenvalue weighted by Crippen LogP contribution is -2.51. The number of aliphatic imine (C=N–C) groups is 1. The van der Waals surface area contributed by atoms with Crippen LogP contribution >= 0.6 is 11.3 Å². The Morgan fingerprint density at radius 2 is 2.12 bits per heavy atom. The lowest BCUT2D eigenvalue weighted by Gasteiger charge is -2.35. The molecule has 142 valence electrons. The SMILES string of the molecule is CCNC(=NCc1ncc(C)s1)NCC(CC(C)C)N1CCOCC1. The number of hydrogen-bond acceptors (Lipinski definition) is 5. The van der Waals surface area contributed by atoms with Gasteiger partial charge in [-0.05, 0) is 26.2 Å². The van der Waals surface area contributed by atoms with E-state index in [4.69, 9.17) is 9.73 Å². The van der Waals surface area contributed by atoms with Gasteiger partial charge in [-0.2, -0.15) is 0 Å². The highest BCUT2D eigenvalue weighted by Crippen LogP contribution is 2.13. The van der Waals surface area contributed by atoms with Crippen LogP contribution in [0.4, 0.5) is 0 Å². The summed E-state index contributed by atoms with van der Waals surface area (Å²) in [6, 6.07) is 0.509. The maximum absolute atomic E-state index is 5.50. The van der Waals surface area contributed by atoms with E-state index in [9.17, 15) is 0 Å². The predicted molar refractivity (Wildman–Crippen MR) is 105 cm³/mol. The van der Waals surface area contributed by atoms with E-state index in [1.165, 1.54) is 11.3 Å². The first-order valence-electron chi connectivity index (χ1n) is 9.33. The van der Waals surface area contributed by atoms with E-state index < -0.39 is 0 Å². The van der Waals surface area contributed by atoms with Crippen LogP contribution in [0.1, 0.15) is 37.1 Å². The zero-order chi connectivity index (χ0) is 18.1. The number of aromatic nitrogens is 1. The van der Waals surface area contributed by atoms with Crippen molar-refractivity contribution in [3.8, 4) is 0 Å². The summed E-state index contributed by atoms with van der Waals surface area (Å²) in [7, 11) is 0. The van der Waals surface area contributed by atoms with Crippen LogP contribution < -0.4 is 10.6 Å². The van der Waals surface area contributed by atoms with Crippen molar-refractivity contribution in [3.63, 3.8) is 0 Å². The van der Waals surface area contributed by atoms with Gasteiger partial charge in [0.05, 0.1) is 19.8 Å². The van der Waals surface area contributed by atoms with Gasteiger partial charge in [-0.25, -0.2) is 9.98 Å². The van der Waals surface area contributed by atoms with Crippen LogP contribution in [0, 0.1) is 12.8 Å². The van der Waals surface area contributed by atoms with E-state index in [-0.39, 0.29) is 0 Å². The standard InChI is InChI=1S/C18H33N5OS/c1-5-19-18(22-13-17-20-11-15(4)25-17)21-12-16(10-14(2)3)23-6-8-24-9-7-23/h11,14,16H,5-10,12-13H2,1-4H3,(H2,19,21,22). The summed E-state index contributed by atoms with van der Waals surface area (Å²) >= 11 is 1.71. The first kappa shape index (κ1) is 20.1. The summed E-state index contributed by atoms with van der Waals surface area (Å²) < 4.78 is 5.50. The fraction of sp³-hybridized carbons (Fsp3) is 0.778. The first-order valence-corrected chi connectivity index (χ1v) is 10.2. The van der Waals surface area contributed by atoms with E-state index in [1.54, 1.807) is 11.3 Å². The maximum Gasteiger partial charge on any atom is 0.191 e. The number of guanidine groups is 1. The average molecular weight is 368 g/mol. The molecule has 1 aromatic heterocycles. The summed E-state index contributed by atoms with van der Waals surface area (Å²) in [6.07, 6.45) is 3.09. The van der Waals surface area contributed by atoms with Gasteiger partial charge >= 0.3 is 0 Å². The molecule has 0 aliphatic carbocycles. The van der Waals surface area contributed by atoms with Crippen LogP contribution in [0.3, 0.4) is 0 Å². The summed E-state index contributed by atoms with van der Waals surface area (Å²) in [4.78, 5) is 12.9. The van der Waals surface area contributed by atoms with Crippen molar-refractivity contribution < 1.29 is 4.74 Å². The molecule has 0 spiro atoms. The molecule has 0 bridgehead atoms. The second-order valence-electron chi connectivity index (χ2n) is 6.87. The summed E-state index contributed by atoms with van der Waals surface area (Å²) in [5.74, 6) is 1.55. The molecule has 0 saturated carbocycles. The van der Waals surface area contributed by atoms with Gasteiger partial charge in [-0.3, -0.25) is 4.90 Å². The molecule has 0 amide bonds. The minimum absolute atomic E-state index is 0.509. The average Bonchev–Trinajstić information content (AvgIpc) is 3.02. The van der Waals surface area contributed by atoms with Crippen molar-refractivity contribution in [1.82, 2.24) is 20.5 Å². The smallest absolute Gasteiger partial charge is 0.191 e. The zero-order valence-corrected chi connectivity index (χ0v) is 16.9. The highest BCUT2D eigenvalue weighted by atomic mass is 32.1. The molecule has 1 saturated heterocycles. The third kappa shape index (κ3) is 7.30. The molecule has 0 aromatic carbocycles. The molecule has 2 N–H and O–H groups in total. The van der Waals surface area contributed by atoms with E-state index in [2.05, 4.69) is 48.2 Å². The Morgan fingerprint density at radius 3 is 2.72 bits per heavy atom. The summed E-state index contributed by atoms with van der Waals surface area (Å²) in [6.45, 7) is 14.9. The summed E-state index contributed by atoms with van der Waals surface area (Å²) in [5, 5.41) is 7.93. The molecule has 25 heavy (non-hydrogen) atoms. The molecule has 2 heterocycles. The van der Waals surface area contributed by atoms with Crippen LogP contribution in [0.5, 0.6) is 0 Å². The Morgan fingerprint density at radius 1 is 1.36 bits per heavy atom. The number of nitrogens with zero attached hydrogens (tertiary/aromatic N) is 3. The molecule has 1 aliphatic rings. The van der Waals surface area contributed by atoms with Gasteiger partial charge in [0, 0.05) is 43.3 Å². The van der Waals surface area contributed by atoms with E-state index >= 15 is 0 Å². The van der Waals surface area contributed by atoms with Gasteiger partial charge in [-0.15, -0.1) is 11.3 Å². The van der Waals surface area contributed by atoms with E-state index in [0.717, 1.165) is 50.4 Å². The molecule has 7 heteroatoms. The Balaban J connectivity index is 1.93.